The molecule has 5 N–H and O–H groups in total. The highest BCUT2D eigenvalue weighted by Gasteiger charge is 2.46. The highest BCUT2D eigenvalue weighted by atomic mass is 35.5. The number of anilines is 1. The van der Waals surface area contributed by atoms with Crippen molar-refractivity contribution in [1.82, 2.24) is 10.8 Å². The van der Waals surface area contributed by atoms with Gasteiger partial charge in [0, 0.05) is 6.42 Å². The van der Waals surface area contributed by atoms with E-state index in [0.717, 1.165) is 5.56 Å². The van der Waals surface area contributed by atoms with E-state index in [9.17, 15) is 24.6 Å². The maximum absolute atomic E-state index is 12.5. The fourth-order valence-corrected chi connectivity index (χ4v) is 4.62. The molecule has 3 unspecified atom stereocenters. The fraction of sp³-hybridized carbons (Fsp3) is 0.414. The summed E-state index contributed by atoms with van der Waals surface area (Å²) in [5, 5.41) is 25.9. The number of guanidine groups is 1. The van der Waals surface area contributed by atoms with E-state index < -0.39 is 41.3 Å². The predicted molar refractivity (Wildman–Crippen MR) is 154 cm³/mol. The van der Waals surface area contributed by atoms with E-state index in [0.29, 0.717) is 5.56 Å². The number of halogens is 1. The summed E-state index contributed by atoms with van der Waals surface area (Å²) in [5.74, 6) is 0.610. The normalized spacial score (nSPS) is 20.2. The van der Waals surface area contributed by atoms with Crippen molar-refractivity contribution >= 4 is 41.3 Å². The first kappa shape index (κ1) is 31.6. The quantitative estimate of drug-likeness (QED) is 0.125. The minimum atomic E-state index is -1.39. The van der Waals surface area contributed by atoms with Crippen LogP contribution < -0.4 is 16.1 Å². The summed E-state index contributed by atoms with van der Waals surface area (Å²) in [4.78, 5) is 46.1. The van der Waals surface area contributed by atoms with E-state index in [-0.39, 0.29) is 35.3 Å². The minimum absolute atomic E-state index is 0.00799. The number of hydrogen-bond donors (Lipinski definition) is 5. The zero-order valence-electron chi connectivity index (χ0n) is 23.6. The number of nitrogens with one attached hydrogen (secondary N) is 3. The van der Waals surface area contributed by atoms with Crippen LogP contribution in [-0.2, 0) is 31.3 Å². The van der Waals surface area contributed by atoms with Crippen molar-refractivity contribution in [3.05, 3.63) is 70.3 Å². The molecule has 0 aromatic heterocycles. The number of hydroxylamine groups is 1. The van der Waals surface area contributed by atoms with Crippen molar-refractivity contribution in [3.63, 3.8) is 0 Å². The Balaban J connectivity index is 1.91. The molecular formula is C29H35ClN4O7. The largest absolute Gasteiger partial charge is 0.481 e. The monoisotopic (exact) mass is 586 g/mol. The Kier molecular flexibility index (Phi) is 9.83. The molecule has 41 heavy (non-hydrogen) atoms. The Bertz CT molecular complexity index is 1350. The molecule has 2 aromatic rings. The number of rotatable bonds is 9. The summed E-state index contributed by atoms with van der Waals surface area (Å²) in [6.45, 7) is 8.52. The zero-order chi connectivity index (χ0) is 30.4. The average molecular weight is 587 g/mol. The van der Waals surface area contributed by atoms with Crippen molar-refractivity contribution in [2.45, 2.75) is 76.9 Å². The summed E-state index contributed by atoms with van der Waals surface area (Å²) < 4.78 is 5.29. The third-order valence-corrected chi connectivity index (χ3v) is 6.70. The molecule has 0 aliphatic heterocycles. The average Bonchev–Trinajstić information content (AvgIpc) is 2.86. The summed E-state index contributed by atoms with van der Waals surface area (Å²) in [7, 11) is 0. The summed E-state index contributed by atoms with van der Waals surface area (Å²) in [5.41, 5.74) is 0.730. The molecule has 0 heterocycles. The van der Waals surface area contributed by atoms with Gasteiger partial charge in [-0.25, -0.2) is 20.1 Å². The molecule has 2 aromatic carbocycles. The van der Waals surface area contributed by atoms with Gasteiger partial charge in [-0.2, -0.15) is 0 Å². The molecule has 1 amide bonds. The number of benzene rings is 2. The van der Waals surface area contributed by atoms with E-state index in [1.807, 2.05) is 30.3 Å². The number of carbonyl (C=O) groups is 2. The summed E-state index contributed by atoms with van der Waals surface area (Å²) >= 11 is 6.71. The van der Waals surface area contributed by atoms with Crippen LogP contribution in [0.3, 0.4) is 0 Å². The standard InChI is InChI=1S/C29H35ClN4O7/c1-27(2,3)41-34-25(31-22-14-29(5,39)20(22)16-35)33-28(4,15-23(36)37)19-12-9-13-21(24(19)30)32-26(38)40-17-18-10-7-6-8-11-18/h6-13,22,39H,14-15,17H2,1-5H3,(H,32,38)(H,36,37)(H2,31,33,34). The number of carboxylic acids is 1. The molecule has 220 valence electrons. The zero-order valence-corrected chi connectivity index (χ0v) is 24.3. The molecule has 1 aliphatic rings. The van der Waals surface area contributed by atoms with Gasteiger partial charge in [-0.3, -0.25) is 14.9 Å². The van der Waals surface area contributed by atoms with Gasteiger partial charge in [0.15, 0.2) is 0 Å². The molecule has 0 spiro atoms. The van der Waals surface area contributed by atoms with E-state index in [1.165, 1.54) is 6.92 Å². The first-order valence-corrected chi connectivity index (χ1v) is 13.3. The number of aliphatic carboxylic acids is 1. The van der Waals surface area contributed by atoms with Gasteiger partial charge in [0.2, 0.25) is 5.96 Å². The van der Waals surface area contributed by atoms with Crippen molar-refractivity contribution in [2.75, 3.05) is 5.32 Å². The first-order chi connectivity index (χ1) is 19.1. The minimum Gasteiger partial charge on any atom is -0.481 e. The molecule has 3 atom stereocenters. The Morgan fingerprint density at radius 3 is 2.41 bits per heavy atom. The molecule has 1 aliphatic carbocycles. The van der Waals surface area contributed by atoms with Gasteiger partial charge in [-0.15, -0.1) is 0 Å². The SMILES string of the molecule is CC(C)(C)ONC(=NC1CC(C)(O)C1=C=O)NC(C)(CC(=O)O)c1cccc(NC(=O)OCc2ccccc2)c1Cl. The molecule has 1 saturated carbocycles. The number of aliphatic hydroxyl groups is 1. The molecule has 0 radical (unpaired) electrons. The highest BCUT2D eigenvalue weighted by Crippen LogP contribution is 2.39. The van der Waals surface area contributed by atoms with Crippen LogP contribution in [-0.4, -0.2) is 51.4 Å². The second kappa shape index (κ2) is 12.7. The van der Waals surface area contributed by atoms with Crippen LogP contribution in [0.25, 0.3) is 0 Å². The number of carboxylic acid groups (broad SMARTS) is 1. The van der Waals surface area contributed by atoms with Gasteiger partial charge in [-0.05, 0) is 51.8 Å². The van der Waals surface area contributed by atoms with Crippen LogP contribution in [0, 0.1) is 0 Å². The Hall–Kier alpha value is -3.89. The summed E-state index contributed by atoms with van der Waals surface area (Å²) in [6.07, 6.45) is -1.04. The number of hydrogen-bond acceptors (Lipinski definition) is 7. The third kappa shape index (κ3) is 8.55. The van der Waals surface area contributed by atoms with Gasteiger partial charge in [0.25, 0.3) is 0 Å². The van der Waals surface area contributed by atoms with E-state index in [4.69, 9.17) is 21.2 Å². The number of aliphatic imine (C=N–C) groups is 1. The van der Waals surface area contributed by atoms with Gasteiger partial charge in [0.1, 0.15) is 12.5 Å². The summed E-state index contributed by atoms with van der Waals surface area (Å²) in [6, 6.07) is 13.2. The maximum atomic E-state index is 12.5. The lowest BCUT2D eigenvalue weighted by Gasteiger charge is -2.40. The Labute approximate surface area is 243 Å². The van der Waals surface area contributed by atoms with Crippen LogP contribution in [0.15, 0.2) is 59.1 Å². The third-order valence-electron chi connectivity index (χ3n) is 6.29. The van der Waals surface area contributed by atoms with Gasteiger partial charge in [-0.1, -0.05) is 54.1 Å². The van der Waals surface area contributed by atoms with Crippen LogP contribution in [0.4, 0.5) is 10.5 Å². The number of ether oxygens (including phenoxy) is 1. The lowest BCUT2D eigenvalue weighted by atomic mass is 9.73. The van der Waals surface area contributed by atoms with Gasteiger partial charge in [0.05, 0.1) is 45.5 Å². The molecule has 3 rings (SSSR count). The lowest BCUT2D eigenvalue weighted by molar-refractivity contribution is -0.138. The van der Waals surface area contributed by atoms with Crippen LogP contribution in [0.5, 0.6) is 0 Å². The molecule has 0 bridgehead atoms. The molecule has 12 heteroatoms. The fourth-order valence-electron chi connectivity index (χ4n) is 4.24. The second-order valence-corrected chi connectivity index (χ2v) is 11.6. The van der Waals surface area contributed by atoms with Crippen LogP contribution in [0.2, 0.25) is 5.02 Å². The first-order valence-electron chi connectivity index (χ1n) is 12.9. The van der Waals surface area contributed by atoms with Crippen molar-refractivity contribution in [2.24, 2.45) is 4.99 Å². The van der Waals surface area contributed by atoms with Crippen LogP contribution in [0.1, 0.15) is 58.6 Å². The Morgan fingerprint density at radius 1 is 1.15 bits per heavy atom. The van der Waals surface area contributed by atoms with Crippen molar-refractivity contribution in [3.8, 4) is 0 Å². The van der Waals surface area contributed by atoms with Crippen molar-refractivity contribution < 1.29 is 34.2 Å². The topological polar surface area (TPSA) is 159 Å². The number of amides is 1. The van der Waals surface area contributed by atoms with Gasteiger partial charge >= 0.3 is 12.1 Å². The Morgan fingerprint density at radius 2 is 1.83 bits per heavy atom. The number of nitrogens with zero attached hydrogens (tertiary/aromatic N) is 1. The second-order valence-electron chi connectivity index (χ2n) is 11.2. The lowest BCUT2D eigenvalue weighted by Crippen LogP contribution is -2.54. The smallest absolute Gasteiger partial charge is 0.412 e. The molecule has 0 saturated heterocycles. The molecular weight excluding hydrogens is 552 g/mol. The molecule has 1 fully saturated rings. The molecule has 11 nitrogen and oxygen atoms in total. The van der Waals surface area contributed by atoms with Gasteiger partial charge < -0.3 is 20.3 Å². The van der Waals surface area contributed by atoms with Crippen LogP contribution >= 0.6 is 11.6 Å². The van der Waals surface area contributed by atoms with E-state index in [2.05, 4.69) is 21.1 Å². The predicted octanol–water partition coefficient (Wildman–Crippen LogP) is 4.33. The maximum Gasteiger partial charge on any atom is 0.412 e. The van der Waals surface area contributed by atoms with E-state index in [1.54, 1.807) is 51.8 Å². The van der Waals surface area contributed by atoms with E-state index >= 15 is 0 Å². The number of carbonyl (C=O) groups excluding carboxylic acids is 2. The van der Waals surface area contributed by atoms with Crippen molar-refractivity contribution in [1.29, 1.82) is 0 Å². The highest BCUT2D eigenvalue weighted by molar-refractivity contribution is 6.34.